The fraction of sp³-hybridized carbons (Fsp3) is 0.250. The molecule has 0 aliphatic carbocycles. The summed E-state index contributed by atoms with van der Waals surface area (Å²) in [4.78, 5) is 20.0. The number of allylic oxidation sites excluding steroid dienone is 1. The molecule has 0 amide bonds. The number of carboxylic acid groups (broad SMARTS) is 1. The molecule has 0 radical (unpaired) electrons. The molecule has 0 fully saturated rings. The summed E-state index contributed by atoms with van der Waals surface area (Å²) < 4.78 is 5.17. The number of methoxy groups -OCH3 is 1. The molecular formula is C12H14O5. The molecule has 0 saturated carbocycles. The lowest BCUT2D eigenvalue weighted by Crippen LogP contribution is -1.96. The topological polar surface area (TPSA) is 65.0 Å². The van der Waals surface area contributed by atoms with Crippen LogP contribution in [0.4, 0.5) is 0 Å². The Morgan fingerprint density at radius 3 is 2.59 bits per heavy atom. The SMILES string of the molecule is COOc1ccc(C(C)=CC(=O)O)c(OC)c1. The maximum absolute atomic E-state index is 10.6. The van der Waals surface area contributed by atoms with Gasteiger partial charge in [0.25, 0.3) is 0 Å². The van der Waals surface area contributed by atoms with Crippen LogP contribution in [0.1, 0.15) is 12.5 Å². The summed E-state index contributed by atoms with van der Waals surface area (Å²) in [6, 6.07) is 5.00. The molecule has 1 rings (SSSR count). The van der Waals surface area contributed by atoms with Crippen molar-refractivity contribution in [3.8, 4) is 11.5 Å². The van der Waals surface area contributed by atoms with Gasteiger partial charge >= 0.3 is 5.97 Å². The van der Waals surface area contributed by atoms with E-state index >= 15 is 0 Å². The van der Waals surface area contributed by atoms with E-state index in [4.69, 9.17) is 14.7 Å². The van der Waals surface area contributed by atoms with Crippen LogP contribution >= 0.6 is 0 Å². The van der Waals surface area contributed by atoms with Crippen molar-refractivity contribution in [1.82, 2.24) is 0 Å². The molecule has 0 aliphatic rings. The third-order valence-corrected chi connectivity index (χ3v) is 2.12. The highest BCUT2D eigenvalue weighted by Gasteiger charge is 2.08. The van der Waals surface area contributed by atoms with Crippen molar-refractivity contribution in [2.24, 2.45) is 0 Å². The zero-order chi connectivity index (χ0) is 12.8. The minimum Gasteiger partial charge on any atom is -0.496 e. The number of ether oxygens (including phenoxy) is 1. The lowest BCUT2D eigenvalue weighted by atomic mass is 10.1. The zero-order valence-corrected chi connectivity index (χ0v) is 9.89. The second-order valence-corrected chi connectivity index (χ2v) is 3.28. The van der Waals surface area contributed by atoms with Gasteiger partial charge in [0.15, 0.2) is 5.75 Å². The van der Waals surface area contributed by atoms with Gasteiger partial charge in [-0.05, 0) is 24.6 Å². The largest absolute Gasteiger partial charge is 0.496 e. The summed E-state index contributed by atoms with van der Waals surface area (Å²) in [5.41, 5.74) is 1.29. The Hall–Kier alpha value is -2.01. The van der Waals surface area contributed by atoms with Crippen LogP contribution in [-0.4, -0.2) is 25.3 Å². The molecule has 17 heavy (non-hydrogen) atoms. The first-order valence-corrected chi connectivity index (χ1v) is 4.88. The predicted octanol–water partition coefficient (Wildman–Crippen LogP) is 2.12. The van der Waals surface area contributed by atoms with E-state index in [0.29, 0.717) is 22.6 Å². The molecule has 0 saturated heterocycles. The first kappa shape index (κ1) is 13.1. The van der Waals surface area contributed by atoms with Crippen LogP contribution in [0, 0.1) is 0 Å². The third kappa shape index (κ3) is 3.49. The average molecular weight is 238 g/mol. The number of rotatable bonds is 5. The van der Waals surface area contributed by atoms with Gasteiger partial charge in [0.1, 0.15) is 5.75 Å². The molecule has 0 aromatic heterocycles. The van der Waals surface area contributed by atoms with Crippen LogP contribution < -0.4 is 9.62 Å². The Morgan fingerprint density at radius 2 is 2.06 bits per heavy atom. The number of benzene rings is 1. The normalized spacial score (nSPS) is 11.1. The maximum Gasteiger partial charge on any atom is 0.328 e. The zero-order valence-electron chi connectivity index (χ0n) is 9.89. The minimum atomic E-state index is -0.998. The van der Waals surface area contributed by atoms with Crippen molar-refractivity contribution < 1.29 is 24.4 Å². The van der Waals surface area contributed by atoms with Crippen LogP contribution in [0.5, 0.6) is 11.5 Å². The van der Waals surface area contributed by atoms with Crippen LogP contribution in [0.25, 0.3) is 5.57 Å². The van der Waals surface area contributed by atoms with E-state index in [1.807, 2.05) is 0 Å². The van der Waals surface area contributed by atoms with Crippen LogP contribution in [0.3, 0.4) is 0 Å². The van der Waals surface area contributed by atoms with Crippen LogP contribution in [0.15, 0.2) is 24.3 Å². The van der Waals surface area contributed by atoms with Crippen molar-refractivity contribution in [3.05, 3.63) is 29.8 Å². The molecule has 92 valence electrons. The monoisotopic (exact) mass is 238 g/mol. The van der Waals surface area contributed by atoms with E-state index in [1.165, 1.54) is 14.2 Å². The van der Waals surface area contributed by atoms with Crippen molar-refractivity contribution in [3.63, 3.8) is 0 Å². The average Bonchev–Trinajstić information content (AvgIpc) is 2.28. The Balaban J connectivity index is 3.12. The van der Waals surface area contributed by atoms with Gasteiger partial charge in [0.05, 0.1) is 14.2 Å². The molecule has 1 aromatic rings. The third-order valence-electron chi connectivity index (χ3n) is 2.12. The summed E-state index contributed by atoms with van der Waals surface area (Å²) in [5, 5.41) is 8.69. The Kier molecular flexibility index (Phi) is 4.54. The molecule has 0 aliphatic heterocycles. The summed E-state index contributed by atoms with van der Waals surface area (Å²) >= 11 is 0. The molecule has 1 aromatic carbocycles. The lowest BCUT2D eigenvalue weighted by molar-refractivity contribution is -0.178. The van der Waals surface area contributed by atoms with E-state index in [1.54, 1.807) is 25.1 Å². The van der Waals surface area contributed by atoms with Gasteiger partial charge in [-0.15, -0.1) is 0 Å². The van der Waals surface area contributed by atoms with Crippen molar-refractivity contribution in [2.75, 3.05) is 14.2 Å². The van der Waals surface area contributed by atoms with Gasteiger partial charge < -0.3 is 14.7 Å². The Morgan fingerprint density at radius 1 is 1.35 bits per heavy atom. The second kappa shape index (κ2) is 5.91. The molecule has 5 heteroatoms. The fourth-order valence-electron chi connectivity index (χ4n) is 1.41. The lowest BCUT2D eigenvalue weighted by Gasteiger charge is -2.10. The highest BCUT2D eigenvalue weighted by Crippen LogP contribution is 2.29. The van der Waals surface area contributed by atoms with Gasteiger partial charge in [0.2, 0.25) is 0 Å². The number of aliphatic carboxylic acids is 1. The number of hydrogen-bond acceptors (Lipinski definition) is 4. The van der Waals surface area contributed by atoms with Crippen molar-refractivity contribution in [1.29, 1.82) is 0 Å². The van der Waals surface area contributed by atoms with Gasteiger partial charge in [0, 0.05) is 17.7 Å². The summed E-state index contributed by atoms with van der Waals surface area (Å²) in [5.74, 6) is 0.00699. The molecular weight excluding hydrogens is 224 g/mol. The molecule has 0 atom stereocenters. The van der Waals surface area contributed by atoms with Crippen molar-refractivity contribution >= 4 is 11.5 Å². The van der Waals surface area contributed by atoms with E-state index in [-0.39, 0.29) is 0 Å². The highest BCUT2D eigenvalue weighted by molar-refractivity contribution is 5.90. The first-order valence-electron chi connectivity index (χ1n) is 4.88. The summed E-state index contributed by atoms with van der Waals surface area (Å²) in [6.45, 7) is 1.70. The fourth-order valence-corrected chi connectivity index (χ4v) is 1.41. The van der Waals surface area contributed by atoms with E-state index in [2.05, 4.69) is 4.89 Å². The van der Waals surface area contributed by atoms with E-state index < -0.39 is 5.97 Å². The van der Waals surface area contributed by atoms with Gasteiger partial charge in [-0.2, -0.15) is 4.89 Å². The second-order valence-electron chi connectivity index (χ2n) is 3.28. The maximum atomic E-state index is 10.6. The molecule has 0 unspecified atom stereocenters. The van der Waals surface area contributed by atoms with Crippen molar-refractivity contribution in [2.45, 2.75) is 6.92 Å². The van der Waals surface area contributed by atoms with Gasteiger partial charge in [-0.1, -0.05) is 0 Å². The summed E-state index contributed by atoms with van der Waals surface area (Å²) in [6.07, 6.45) is 1.12. The van der Waals surface area contributed by atoms with E-state index in [9.17, 15) is 4.79 Å². The van der Waals surface area contributed by atoms with Crippen LogP contribution in [0.2, 0.25) is 0 Å². The minimum absolute atomic E-state index is 0.483. The molecule has 0 bridgehead atoms. The Labute approximate surface area is 99.2 Å². The molecule has 0 spiro atoms. The molecule has 1 N–H and O–H groups in total. The molecule has 0 heterocycles. The molecule has 5 nitrogen and oxygen atoms in total. The standard InChI is InChI=1S/C12H14O5/c1-8(6-12(13)14)10-5-4-9(17-16-3)7-11(10)15-2/h4-7H,1-3H3,(H,13,14). The highest BCUT2D eigenvalue weighted by atomic mass is 17.2. The number of hydrogen-bond donors (Lipinski definition) is 1. The first-order chi connectivity index (χ1) is 8.08. The number of carbonyl (C=O) groups is 1. The Bertz CT molecular complexity index is 437. The van der Waals surface area contributed by atoms with Gasteiger partial charge in [-0.25, -0.2) is 4.79 Å². The predicted molar refractivity (Wildman–Crippen MR) is 61.9 cm³/mol. The summed E-state index contributed by atoms with van der Waals surface area (Å²) in [7, 11) is 2.90. The van der Waals surface area contributed by atoms with Gasteiger partial charge in [-0.3, -0.25) is 0 Å². The smallest absolute Gasteiger partial charge is 0.328 e. The van der Waals surface area contributed by atoms with Crippen LogP contribution in [-0.2, 0) is 9.68 Å². The quantitative estimate of drug-likeness (QED) is 0.483. The van der Waals surface area contributed by atoms with E-state index in [0.717, 1.165) is 6.08 Å². The number of carboxylic acids is 1.